The molecule has 140 valence electrons. The van der Waals surface area contributed by atoms with Crippen molar-refractivity contribution in [1.29, 1.82) is 5.26 Å². The Labute approximate surface area is 167 Å². The maximum atomic E-state index is 12.6. The van der Waals surface area contributed by atoms with E-state index < -0.39 is 5.91 Å². The van der Waals surface area contributed by atoms with Crippen molar-refractivity contribution in [2.24, 2.45) is 0 Å². The second kappa shape index (κ2) is 7.83. The van der Waals surface area contributed by atoms with E-state index in [9.17, 15) is 10.1 Å². The third-order valence-electron chi connectivity index (χ3n) is 4.61. The molecule has 0 aliphatic heterocycles. The average Bonchev–Trinajstić information content (AvgIpc) is 3.17. The van der Waals surface area contributed by atoms with Crippen LogP contribution in [0.1, 0.15) is 11.1 Å². The number of benzene rings is 3. The van der Waals surface area contributed by atoms with E-state index in [2.05, 4.69) is 10.5 Å². The van der Waals surface area contributed by atoms with E-state index in [1.54, 1.807) is 18.2 Å². The molecule has 0 aliphatic rings. The van der Waals surface area contributed by atoms with Gasteiger partial charge in [-0.3, -0.25) is 4.79 Å². The van der Waals surface area contributed by atoms with Crippen LogP contribution in [0.3, 0.4) is 0 Å². The Hall–Kier alpha value is -4.17. The van der Waals surface area contributed by atoms with Crippen molar-refractivity contribution in [3.8, 4) is 17.4 Å². The highest BCUT2D eigenvalue weighted by Gasteiger charge is 2.13. The van der Waals surface area contributed by atoms with Crippen molar-refractivity contribution in [3.63, 3.8) is 0 Å². The highest BCUT2D eigenvalue weighted by atomic mass is 16.5. The molecule has 5 nitrogen and oxygen atoms in total. The van der Waals surface area contributed by atoms with Crippen molar-refractivity contribution >= 4 is 28.6 Å². The molecule has 1 amide bonds. The standard InChI is InChI=1S/C24H17N3O2/c1-16-7-5-6-10-21(16)26-24(28)19(15-25)13-17-11-12-22-20(14-17)23(29-27-22)18-8-3-2-4-9-18/h2-14H,1H3,(H,26,28). The quantitative estimate of drug-likeness (QED) is 0.383. The van der Waals surface area contributed by atoms with E-state index >= 15 is 0 Å². The highest BCUT2D eigenvalue weighted by Crippen LogP contribution is 2.29. The van der Waals surface area contributed by atoms with Gasteiger partial charge >= 0.3 is 0 Å². The average molecular weight is 379 g/mol. The molecule has 4 rings (SSSR count). The lowest BCUT2D eigenvalue weighted by Crippen LogP contribution is -2.14. The summed E-state index contributed by atoms with van der Waals surface area (Å²) in [6.07, 6.45) is 1.56. The third kappa shape index (κ3) is 3.78. The minimum Gasteiger partial charge on any atom is -0.355 e. The number of nitrogens with zero attached hydrogens (tertiary/aromatic N) is 2. The van der Waals surface area contributed by atoms with Crippen LogP contribution in [-0.2, 0) is 4.79 Å². The fraction of sp³-hybridized carbons (Fsp3) is 0.0417. The lowest BCUT2D eigenvalue weighted by atomic mass is 10.0. The van der Waals surface area contributed by atoms with E-state index in [-0.39, 0.29) is 5.57 Å². The molecule has 3 aromatic carbocycles. The van der Waals surface area contributed by atoms with Crippen LogP contribution >= 0.6 is 0 Å². The van der Waals surface area contributed by atoms with Gasteiger partial charge in [-0.25, -0.2) is 0 Å². The van der Waals surface area contributed by atoms with Gasteiger partial charge in [0.15, 0.2) is 5.76 Å². The molecule has 1 N–H and O–H groups in total. The lowest BCUT2D eigenvalue weighted by Gasteiger charge is -2.07. The zero-order valence-corrected chi connectivity index (χ0v) is 15.7. The Balaban J connectivity index is 1.68. The van der Waals surface area contributed by atoms with Crippen LogP contribution in [0.2, 0.25) is 0 Å². The van der Waals surface area contributed by atoms with Crippen LogP contribution in [-0.4, -0.2) is 11.1 Å². The Morgan fingerprint density at radius 2 is 1.83 bits per heavy atom. The Bertz CT molecular complexity index is 1260. The molecule has 0 saturated heterocycles. The number of hydrogen-bond donors (Lipinski definition) is 1. The summed E-state index contributed by atoms with van der Waals surface area (Å²) in [6, 6.07) is 24.6. The second-order valence-electron chi connectivity index (χ2n) is 6.59. The lowest BCUT2D eigenvalue weighted by molar-refractivity contribution is -0.112. The predicted octanol–water partition coefficient (Wildman–Crippen LogP) is 5.35. The molecule has 1 heterocycles. The fourth-order valence-electron chi connectivity index (χ4n) is 3.06. The Kier molecular flexibility index (Phi) is 4.91. The Morgan fingerprint density at radius 1 is 1.07 bits per heavy atom. The smallest absolute Gasteiger partial charge is 0.266 e. The summed E-state index contributed by atoms with van der Waals surface area (Å²) in [6.45, 7) is 1.90. The third-order valence-corrected chi connectivity index (χ3v) is 4.61. The first-order valence-electron chi connectivity index (χ1n) is 9.09. The number of carbonyl (C=O) groups excluding carboxylic acids is 1. The van der Waals surface area contributed by atoms with Gasteiger partial charge in [0.1, 0.15) is 17.2 Å². The van der Waals surface area contributed by atoms with Crippen LogP contribution in [0.15, 0.2) is 82.9 Å². The number of fused-ring (bicyclic) bond motifs is 1. The van der Waals surface area contributed by atoms with E-state index in [1.165, 1.54) is 0 Å². The molecule has 5 heteroatoms. The van der Waals surface area contributed by atoms with Crippen LogP contribution in [0.5, 0.6) is 0 Å². The van der Waals surface area contributed by atoms with Gasteiger partial charge in [0, 0.05) is 11.3 Å². The van der Waals surface area contributed by atoms with Crippen LogP contribution in [0.4, 0.5) is 5.69 Å². The zero-order valence-electron chi connectivity index (χ0n) is 15.7. The fourth-order valence-corrected chi connectivity index (χ4v) is 3.06. The molecule has 0 unspecified atom stereocenters. The number of rotatable bonds is 4. The highest BCUT2D eigenvalue weighted by molar-refractivity contribution is 6.10. The zero-order chi connectivity index (χ0) is 20.2. The summed E-state index contributed by atoms with van der Waals surface area (Å²) in [7, 11) is 0. The molecule has 0 aliphatic carbocycles. The molecule has 0 bridgehead atoms. The summed E-state index contributed by atoms with van der Waals surface area (Å²) < 4.78 is 5.51. The molecular weight excluding hydrogens is 362 g/mol. The first kappa shape index (κ1) is 18.2. The van der Waals surface area contributed by atoms with Crippen molar-refractivity contribution in [2.75, 3.05) is 5.32 Å². The molecule has 0 spiro atoms. The summed E-state index contributed by atoms with van der Waals surface area (Å²) in [5, 5.41) is 17.2. The molecule has 29 heavy (non-hydrogen) atoms. The normalized spacial score (nSPS) is 11.2. The van der Waals surface area contributed by atoms with Crippen molar-refractivity contribution in [2.45, 2.75) is 6.92 Å². The second-order valence-corrected chi connectivity index (χ2v) is 6.59. The molecule has 4 aromatic rings. The first-order valence-corrected chi connectivity index (χ1v) is 9.09. The monoisotopic (exact) mass is 379 g/mol. The number of aryl methyl sites for hydroxylation is 1. The van der Waals surface area contributed by atoms with E-state index in [0.717, 1.165) is 22.1 Å². The SMILES string of the molecule is Cc1ccccc1NC(=O)C(C#N)=Cc1ccc2noc(-c3ccccc3)c2c1. The molecule has 0 radical (unpaired) electrons. The number of anilines is 1. The van der Waals surface area contributed by atoms with E-state index in [0.29, 0.717) is 17.0 Å². The van der Waals surface area contributed by atoms with E-state index in [1.807, 2.05) is 73.7 Å². The number of aromatic nitrogens is 1. The maximum Gasteiger partial charge on any atom is 0.266 e. The van der Waals surface area contributed by atoms with Gasteiger partial charge in [-0.1, -0.05) is 59.8 Å². The molecule has 1 aromatic heterocycles. The number of amides is 1. The van der Waals surface area contributed by atoms with Crippen molar-refractivity contribution in [1.82, 2.24) is 5.16 Å². The molecule has 0 atom stereocenters. The van der Waals surface area contributed by atoms with Gasteiger partial charge in [0.25, 0.3) is 5.91 Å². The minimum absolute atomic E-state index is 0.0188. The topological polar surface area (TPSA) is 78.9 Å². The largest absolute Gasteiger partial charge is 0.355 e. The maximum absolute atomic E-state index is 12.6. The number of hydrogen-bond acceptors (Lipinski definition) is 4. The van der Waals surface area contributed by atoms with Gasteiger partial charge in [-0.05, 0) is 42.3 Å². The van der Waals surface area contributed by atoms with Gasteiger partial charge in [-0.15, -0.1) is 0 Å². The predicted molar refractivity (Wildman–Crippen MR) is 113 cm³/mol. The van der Waals surface area contributed by atoms with Crippen LogP contribution in [0.25, 0.3) is 28.3 Å². The number of nitrogens with one attached hydrogen (secondary N) is 1. The van der Waals surface area contributed by atoms with Crippen LogP contribution < -0.4 is 5.32 Å². The first-order chi connectivity index (χ1) is 14.2. The van der Waals surface area contributed by atoms with Gasteiger partial charge < -0.3 is 9.84 Å². The summed E-state index contributed by atoms with van der Waals surface area (Å²) in [4.78, 5) is 12.6. The van der Waals surface area contributed by atoms with E-state index in [4.69, 9.17) is 4.52 Å². The van der Waals surface area contributed by atoms with Gasteiger partial charge in [0.05, 0.1) is 5.39 Å². The number of para-hydroxylation sites is 1. The van der Waals surface area contributed by atoms with Crippen molar-refractivity contribution in [3.05, 3.63) is 89.5 Å². The minimum atomic E-state index is -0.449. The molecule has 0 fully saturated rings. The number of carbonyl (C=O) groups is 1. The molecule has 0 saturated carbocycles. The van der Waals surface area contributed by atoms with Gasteiger partial charge in [0.2, 0.25) is 0 Å². The summed E-state index contributed by atoms with van der Waals surface area (Å²) in [5.74, 6) is 0.203. The van der Waals surface area contributed by atoms with Crippen LogP contribution in [0, 0.1) is 18.3 Å². The van der Waals surface area contributed by atoms with Crippen molar-refractivity contribution < 1.29 is 9.32 Å². The Morgan fingerprint density at radius 3 is 2.59 bits per heavy atom. The number of nitriles is 1. The summed E-state index contributed by atoms with van der Waals surface area (Å²) in [5.41, 5.74) is 3.97. The van der Waals surface area contributed by atoms with Gasteiger partial charge in [-0.2, -0.15) is 5.26 Å². The summed E-state index contributed by atoms with van der Waals surface area (Å²) >= 11 is 0. The molecular formula is C24H17N3O2.